The average molecular weight is 406 g/mol. The lowest BCUT2D eigenvalue weighted by Crippen LogP contribution is -2.33. The number of carbonyl (C=O) groups is 2. The highest BCUT2D eigenvalue weighted by Gasteiger charge is 2.15. The molecule has 2 aromatic rings. The molecule has 0 fully saturated rings. The third kappa shape index (κ3) is 4.17. The number of carbonyl (C=O) groups excluding carboxylic acids is 2. The molecule has 22 heavy (non-hydrogen) atoms. The Kier molecular flexibility index (Phi) is 5.71. The quantitative estimate of drug-likeness (QED) is 0.606. The van der Waals surface area contributed by atoms with Crippen LogP contribution in [0.5, 0.6) is 0 Å². The molecule has 0 aliphatic rings. The van der Waals surface area contributed by atoms with Gasteiger partial charge in [0.2, 0.25) is 0 Å². The van der Waals surface area contributed by atoms with Crippen molar-refractivity contribution in [2.75, 3.05) is 7.05 Å². The minimum absolute atomic E-state index is 0.207. The zero-order chi connectivity index (χ0) is 15.9. The van der Waals surface area contributed by atoms with Crippen molar-refractivity contribution in [3.8, 4) is 0 Å². The standard InChI is InChI=1S/C17H15IN2O2/c1-19-17(22)15(11-12-7-3-2-4-8-12)20-16(21)13-9-5-6-10-14(13)18/h2-11H,1H3,(H,19,22)(H,20,21). The molecular formula is C17H15IN2O2. The van der Waals surface area contributed by atoms with E-state index in [1.807, 2.05) is 42.5 Å². The van der Waals surface area contributed by atoms with Crippen LogP contribution in [0, 0.1) is 3.57 Å². The summed E-state index contributed by atoms with van der Waals surface area (Å²) >= 11 is 2.09. The van der Waals surface area contributed by atoms with E-state index >= 15 is 0 Å². The van der Waals surface area contributed by atoms with Crippen molar-refractivity contribution in [2.24, 2.45) is 0 Å². The molecule has 0 spiro atoms. The van der Waals surface area contributed by atoms with Gasteiger partial charge in [-0.1, -0.05) is 42.5 Å². The van der Waals surface area contributed by atoms with Crippen LogP contribution in [0.1, 0.15) is 15.9 Å². The maximum atomic E-state index is 12.3. The number of nitrogens with one attached hydrogen (secondary N) is 2. The molecule has 0 atom stereocenters. The summed E-state index contributed by atoms with van der Waals surface area (Å²) in [4.78, 5) is 24.3. The Morgan fingerprint density at radius 2 is 1.64 bits per heavy atom. The van der Waals surface area contributed by atoms with Crippen LogP contribution in [-0.2, 0) is 4.79 Å². The highest BCUT2D eigenvalue weighted by molar-refractivity contribution is 14.1. The van der Waals surface area contributed by atoms with Crippen LogP contribution >= 0.6 is 22.6 Å². The van der Waals surface area contributed by atoms with Crippen LogP contribution in [0.3, 0.4) is 0 Å². The first-order chi connectivity index (χ1) is 10.6. The molecule has 0 unspecified atom stereocenters. The lowest BCUT2D eigenvalue weighted by Gasteiger charge is -2.10. The number of halogens is 1. The molecule has 0 saturated heterocycles. The van der Waals surface area contributed by atoms with Gasteiger partial charge in [0.05, 0.1) is 5.56 Å². The van der Waals surface area contributed by atoms with Crippen molar-refractivity contribution in [1.82, 2.24) is 10.6 Å². The summed E-state index contributed by atoms with van der Waals surface area (Å²) < 4.78 is 0.827. The van der Waals surface area contributed by atoms with Crippen LogP contribution < -0.4 is 10.6 Å². The molecule has 5 heteroatoms. The second-order valence-corrected chi connectivity index (χ2v) is 5.64. The lowest BCUT2D eigenvalue weighted by atomic mass is 10.1. The van der Waals surface area contributed by atoms with Gasteiger partial charge in [-0.15, -0.1) is 0 Å². The van der Waals surface area contributed by atoms with E-state index in [1.54, 1.807) is 18.2 Å². The van der Waals surface area contributed by atoms with Gasteiger partial charge in [-0.3, -0.25) is 9.59 Å². The van der Waals surface area contributed by atoms with Gasteiger partial charge in [0.1, 0.15) is 5.70 Å². The van der Waals surface area contributed by atoms with E-state index in [-0.39, 0.29) is 17.5 Å². The largest absolute Gasteiger partial charge is 0.354 e. The molecule has 0 bridgehead atoms. The second kappa shape index (κ2) is 7.74. The summed E-state index contributed by atoms with van der Waals surface area (Å²) in [5.74, 6) is -0.654. The lowest BCUT2D eigenvalue weighted by molar-refractivity contribution is -0.117. The van der Waals surface area contributed by atoms with E-state index in [0.717, 1.165) is 9.13 Å². The summed E-state index contributed by atoms with van der Waals surface area (Å²) in [7, 11) is 1.53. The summed E-state index contributed by atoms with van der Waals surface area (Å²) in [6.45, 7) is 0. The second-order valence-electron chi connectivity index (χ2n) is 4.48. The number of benzene rings is 2. The van der Waals surface area contributed by atoms with Crippen molar-refractivity contribution in [1.29, 1.82) is 0 Å². The number of likely N-dealkylation sites (N-methyl/N-ethyl adjacent to an activating group) is 1. The molecule has 2 rings (SSSR count). The highest BCUT2D eigenvalue weighted by atomic mass is 127. The zero-order valence-electron chi connectivity index (χ0n) is 12.0. The van der Waals surface area contributed by atoms with Crippen LogP contribution in [0.15, 0.2) is 60.3 Å². The maximum Gasteiger partial charge on any atom is 0.267 e. The molecule has 4 nitrogen and oxygen atoms in total. The maximum absolute atomic E-state index is 12.3. The molecule has 0 saturated carbocycles. The number of amides is 2. The summed E-state index contributed by atoms with van der Waals surface area (Å²) in [5, 5.41) is 5.21. The van der Waals surface area contributed by atoms with Crippen LogP contribution in [0.4, 0.5) is 0 Å². The highest BCUT2D eigenvalue weighted by Crippen LogP contribution is 2.12. The normalized spacial score (nSPS) is 10.9. The molecule has 0 radical (unpaired) electrons. The molecule has 0 heterocycles. The minimum atomic E-state index is -0.344. The SMILES string of the molecule is CNC(=O)C(=Cc1ccccc1)NC(=O)c1ccccc1I. The Morgan fingerprint density at radius 1 is 1.00 bits per heavy atom. The Labute approximate surface area is 142 Å². The van der Waals surface area contributed by atoms with Gasteiger partial charge in [0.15, 0.2) is 0 Å². The Bertz CT molecular complexity index is 712. The van der Waals surface area contributed by atoms with Gasteiger partial charge < -0.3 is 10.6 Å². The van der Waals surface area contributed by atoms with E-state index in [4.69, 9.17) is 0 Å². The van der Waals surface area contributed by atoms with Gasteiger partial charge in [0, 0.05) is 10.6 Å². The fraction of sp³-hybridized carbons (Fsp3) is 0.0588. The van der Waals surface area contributed by atoms with Gasteiger partial charge in [0.25, 0.3) is 11.8 Å². The molecule has 2 N–H and O–H groups in total. The zero-order valence-corrected chi connectivity index (χ0v) is 14.1. The average Bonchev–Trinajstić information content (AvgIpc) is 2.54. The van der Waals surface area contributed by atoms with Gasteiger partial charge in [-0.05, 0) is 46.4 Å². The van der Waals surface area contributed by atoms with Crippen molar-refractivity contribution in [3.63, 3.8) is 0 Å². The first kappa shape index (κ1) is 16.2. The Balaban J connectivity index is 2.28. The van der Waals surface area contributed by atoms with E-state index in [9.17, 15) is 9.59 Å². The van der Waals surface area contributed by atoms with Crippen molar-refractivity contribution in [3.05, 3.63) is 75.0 Å². The predicted octanol–water partition coefficient (Wildman–Crippen LogP) is 2.81. The molecule has 2 amide bonds. The molecule has 2 aromatic carbocycles. The molecule has 112 valence electrons. The van der Waals surface area contributed by atoms with Crippen LogP contribution in [0.25, 0.3) is 6.08 Å². The van der Waals surface area contributed by atoms with Crippen molar-refractivity contribution in [2.45, 2.75) is 0 Å². The van der Waals surface area contributed by atoms with E-state index in [0.29, 0.717) is 5.56 Å². The fourth-order valence-corrected chi connectivity index (χ4v) is 2.48. The topological polar surface area (TPSA) is 58.2 Å². The monoisotopic (exact) mass is 406 g/mol. The van der Waals surface area contributed by atoms with Gasteiger partial charge >= 0.3 is 0 Å². The molecule has 0 aliphatic carbocycles. The fourth-order valence-electron chi connectivity index (χ4n) is 1.84. The molecule has 0 aromatic heterocycles. The smallest absolute Gasteiger partial charge is 0.267 e. The number of rotatable bonds is 4. The minimum Gasteiger partial charge on any atom is -0.354 e. The number of hydrogen-bond donors (Lipinski definition) is 2. The van der Waals surface area contributed by atoms with Crippen LogP contribution in [0.2, 0.25) is 0 Å². The van der Waals surface area contributed by atoms with Gasteiger partial charge in [-0.2, -0.15) is 0 Å². The first-order valence-electron chi connectivity index (χ1n) is 6.66. The molecule has 0 aliphatic heterocycles. The summed E-state index contributed by atoms with van der Waals surface area (Å²) in [6, 6.07) is 16.6. The van der Waals surface area contributed by atoms with E-state index < -0.39 is 0 Å². The number of hydrogen-bond acceptors (Lipinski definition) is 2. The third-order valence-electron chi connectivity index (χ3n) is 2.95. The van der Waals surface area contributed by atoms with Crippen molar-refractivity contribution >= 4 is 40.5 Å². The third-order valence-corrected chi connectivity index (χ3v) is 3.89. The van der Waals surface area contributed by atoms with Crippen LogP contribution in [-0.4, -0.2) is 18.9 Å². The van der Waals surface area contributed by atoms with Gasteiger partial charge in [-0.25, -0.2) is 0 Å². The van der Waals surface area contributed by atoms with Crippen molar-refractivity contribution < 1.29 is 9.59 Å². The summed E-state index contributed by atoms with van der Waals surface area (Å²) in [6.07, 6.45) is 1.65. The first-order valence-corrected chi connectivity index (χ1v) is 7.74. The van der Waals surface area contributed by atoms with E-state index in [1.165, 1.54) is 7.05 Å². The molecular weight excluding hydrogens is 391 g/mol. The Hall–Kier alpha value is -2.15. The van der Waals surface area contributed by atoms with E-state index in [2.05, 4.69) is 33.2 Å². The summed E-state index contributed by atoms with van der Waals surface area (Å²) in [5.41, 5.74) is 1.58. The predicted molar refractivity (Wildman–Crippen MR) is 95.1 cm³/mol. The Morgan fingerprint density at radius 3 is 2.27 bits per heavy atom.